The maximum atomic E-state index is 12.0. The van der Waals surface area contributed by atoms with E-state index in [1.807, 2.05) is 12.1 Å². The Balaban J connectivity index is 0.00000156. The summed E-state index contributed by atoms with van der Waals surface area (Å²) in [6.07, 6.45) is 4.05. The fraction of sp³-hybridized carbons (Fsp3) is 0.611. The van der Waals surface area contributed by atoms with Crippen molar-refractivity contribution in [3.63, 3.8) is 0 Å². The largest absolute Gasteiger partial charge is 0.371 e. The van der Waals surface area contributed by atoms with E-state index in [0.717, 1.165) is 44.0 Å². The molecule has 142 valence electrons. The predicted molar refractivity (Wildman–Crippen MR) is 110 cm³/mol. The third-order valence-electron chi connectivity index (χ3n) is 4.98. The molecule has 0 aromatic heterocycles. The topological polar surface area (TPSA) is 44.4 Å². The van der Waals surface area contributed by atoms with E-state index in [4.69, 9.17) is 11.6 Å². The van der Waals surface area contributed by atoms with Crippen LogP contribution in [0, 0.1) is 12.8 Å². The number of halogens is 3. The summed E-state index contributed by atoms with van der Waals surface area (Å²) >= 11 is 6.13. The highest BCUT2D eigenvalue weighted by Gasteiger charge is 2.25. The van der Waals surface area contributed by atoms with Gasteiger partial charge in [-0.2, -0.15) is 0 Å². The van der Waals surface area contributed by atoms with E-state index in [-0.39, 0.29) is 30.7 Å². The summed E-state index contributed by atoms with van der Waals surface area (Å²) < 4.78 is 0. The molecule has 0 saturated carbocycles. The average Bonchev–Trinajstić information content (AvgIpc) is 3.19. The molecule has 25 heavy (non-hydrogen) atoms. The van der Waals surface area contributed by atoms with Crippen LogP contribution in [0.2, 0.25) is 5.02 Å². The van der Waals surface area contributed by atoms with Crippen LogP contribution in [0.3, 0.4) is 0 Å². The van der Waals surface area contributed by atoms with E-state index >= 15 is 0 Å². The van der Waals surface area contributed by atoms with Gasteiger partial charge in [0.2, 0.25) is 5.91 Å². The van der Waals surface area contributed by atoms with Gasteiger partial charge in [0.15, 0.2) is 0 Å². The van der Waals surface area contributed by atoms with Crippen molar-refractivity contribution in [2.24, 2.45) is 5.92 Å². The summed E-state index contributed by atoms with van der Waals surface area (Å²) in [7, 11) is 0. The third-order valence-corrected chi connectivity index (χ3v) is 5.21. The van der Waals surface area contributed by atoms with Crippen LogP contribution in [-0.4, -0.2) is 38.1 Å². The number of hydrogen-bond acceptors (Lipinski definition) is 3. The number of anilines is 1. The fourth-order valence-corrected chi connectivity index (χ4v) is 3.79. The summed E-state index contributed by atoms with van der Waals surface area (Å²) in [5, 5.41) is 7.28. The first-order chi connectivity index (χ1) is 11.1. The zero-order valence-corrected chi connectivity index (χ0v) is 17.0. The van der Waals surface area contributed by atoms with Gasteiger partial charge in [0.25, 0.3) is 0 Å². The summed E-state index contributed by atoms with van der Waals surface area (Å²) in [5.74, 6) is 0.704. The Bertz CT molecular complexity index is 564. The maximum Gasteiger partial charge on any atom is 0.221 e. The quantitative estimate of drug-likeness (QED) is 0.783. The third kappa shape index (κ3) is 6.21. The van der Waals surface area contributed by atoms with Crippen LogP contribution in [0.5, 0.6) is 0 Å². The highest BCUT2D eigenvalue weighted by atomic mass is 35.5. The van der Waals surface area contributed by atoms with Crippen molar-refractivity contribution < 1.29 is 4.79 Å². The van der Waals surface area contributed by atoms with Crippen molar-refractivity contribution in [3.05, 3.63) is 28.8 Å². The Morgan fingerprint density at radius 3 is 2.88 bits per heavy atom. The second-order valence-corrected chi connectivity index (χ2v) is 7.27. The number of hydrogen-bond donors (Lipinski definition) is 2. The SMILES string of the molecule is Cc1ccc(Cl)cc1N1CCC(CNC(=O)CC2CCCN2)C1.Cl.Cl. The molecule has 2 aliphatic heterocycles. The lowest BCUT2D eigenvalue weighted by Gasteiger charge is -2.21. The number of carbonyl (C=O) groups excluding carboxylic acids is 1. The molecule has 2 unspecified atom stereocenters. The molecule has 2 atom stereocenters. The molecule has 2 saturated heterocycles. The molecule has 0 spiro atoms. The number of nitrogens with one attached hydrogen (secondary N) is 2. The van der Waals surface area contributed by atoms with Gasteiger partial charge in [-0.05, 0) is 56.3 Å². The van der Waals surface area contributed by atoms with Crippen LogP contribution in [0.4, 0.5) is 5.69 Å². The van der Waals surface area contributed by atoms with Gasteiger partial charge in [-0.3, -0.25) is 4.79 Å². The van der Waals surface area contributed by atoms with Gasteiger partial charge >= 0.3 is 0 Å². The van der Waals surface area contributed by atoms with Gasteiger partial charge in [-0.25, -0.2) is 0 Å². The summed E-state index contributed by atoms with van der Waals surface area (Å²) in [6.45, 7) is 5.97. The zero-order valence-electron chi connectivity index (χ0n) is 14.6. The fourth-order valence-electron chi connectivity index (χ4n) is 3.63. The normalized spacial score (nSPS) is 22.2. The number of nitrogens with zero attached hydrogens (tertiary/aromatic N) is 1. The Hall–Kier alpha value is -0.680. The van der Waals surface area contributed by atoms with Gasteiger partial charge in [-0.15, -0.1) is 24.8 Å². The van der Waals surface area contributed by atoms with Crippen LogP contribution in [0.1, 0.15) is 31.2 Å². The Morgan fingerprint density at radius 1 is 1.36 bits per heavy atom. The molecular weight excluding hydrogens is 381 g/mol. The molecule has 1 aromatic rings. The molecule has 2 fully saturated rings. The monoisotopic (exact) mass is 407 g/mol. The molecule has 2 aliphatic rings. The minimum Gasteiger partial charge on any atom is -0.371 e. The second kappa shape index (κ2) is 10.5. The van der Waals surface area contributed by atoms with Gasteiger partial charge in [0.05, 0.1) is 0 Å². The molecule has 2 N–H and O–H groups in total. The molecule has 7 heteroatoms. The zero-order chi connectivity index (χ0) is 16.2. The van der Waals surface area contributed by atoms with Crippen molar-refractivity contribution >= 4 is 48.0 Å². The second-order valence-electron chi connectivity index (χ2n) is 6.83. The van der Waals surface area contributed by atoms with E-state index in [0.29, 0.717) is 18.4 Å². The van der Waals surface area contributed by atoms with Crippen molar-refractivity contribution in [1.29, 1.82) is 0 Å². The van der Waals surface area contributed by atoms with Crippen molar-refractivity contribution in [1.82, 2.24) is 10.6 Å². The first kappa shape index (κ1) is 22.4. The summed E-state index contributed by atoms with van der Waals surface area (Å²) in [6, 6.07) is 6.43. The molecule has 0 radical (unpaired) electrons. The number of carbonyl (C=O) groups is 1. The number of aryl methyl sites for hydroxylation is 1. The highest BCUT2D eigenvalue weighted by Crippen LogP contribution is 2.29. The lowest BCUT2D eigenvalue weighted by molar-refractivity contribution is -0.121. The number of rotatable bonds is 5. The molecule has 1 amide bonds. The first-order valence-electron chi connectivity index (χ1n) is 8.63. The van der Waals surface area contributed by atoms with E-state index in [1.165, 1.54) is 17.7 Å². The molecule has 4 nitrogen and oxygen atoms in total. The summed E-state index contributed by atoms with van der Waals surface area (Å²) in [5.41, 5.74) is 2.48. The molecular formula is C18H28Cl3N3O. The van der Waals surface area contributed by atoms with E-state index in [2.05, 4.69) is 28.5 Å². The van der Waals surface area contributed by atoms with Crippen LogP contribution < -0.4 is 15.5 Å². The van der Waals surface area contributed by atoms with E-state index in [9.17, 15) is 4.79 Å². The van der Waals surface area contributed by atoms with Crippen LogP contribution in [0.15, 0.2) is 18.2 Å². The standard InChI is InChI=1S/C18H26ClN3O.2ClH/c1-13-4-5-15(19)9-17(13)22-8-6-14(12-22)11-21-18(23)10-16-3-2-7-20-16;;/h4-5,9,14,16,20H,2-3,6-8,10-12H2,1H3,(H,21,23);2*1H. The smallest absolute Gasteiger partial charge is 0.221 e. The Morgan fingerprint density at radius 2 is 2.16 bits per heavy atom. The van der Waals surface area contributed by atoms with Crippen LogP contribution >= 0.6 is 36.4 Å². The van der Waals surface area contributed by atoms with Crippen LogP contribution in [0.25, 0.3) is 0 Å². The van der Waals surface area contributed by atoms with Crippen LogP contribution in [-0.2, 0) is 4.79 Å². The first-order valence-corrected chi connectivity index (χ1v) is 9.01. The molecule has 1 aromatic carbocycles. The number of benzene rings is 1. The van der Waals surface area contributed by atoms with Gasteiger partial charge in [0, 0.05) is 42.8 Å². The van der Waals surface area contributed by atoms with Gasteiger partial charge < -0.3 is 15.5 Å². The predicted octanol–water partition coefficient (Wildman–Crippen LogP) is 3.58. The molecule has 0 aliphatic carbocycles. The minimum absolute atomic E-state index is 0. The lowest BCUT2D eigenvalue weighted by atomic mass is 10.1. The lowest BCUT2D eigenvalue weighted by Crippen LogP contribution is -2.35. The summed E-state index contributed by atoms with van der Waals surface area (Å²) in [4.78, 5) is 14.4. The highest BCUT2D eigenvalue weighted by molar-refractivity contribution is 6.30. The molecule has 0 bridgehead atoms. The Kier molecular flexibility index (Phi) is 9.36. The van der Waals surface area contributed by atoms with Crippen molar-refractivity contribution in [2.75, 3.05) is 31.1 Å². The minimum atomic E-state index is 0. The molecule has 2 heterocycles. The number of amides is 1. The molecule has 3 rings (SSSR count). The Labute approximate surface area is 167 Å². The average molecular weight is 409 g/mol. The van der Waals surface area contributed by atoms with E-state index < -0.39 is 0 Å². The van der Waals surface area contributed by atoms with Gasteiger partial charge in [0.1, 0.15) is 0 Å². The van der Waals surface area contributed by atoms with Crippen molar-refractivity contribution in [2.45, 2.75) is 38.6 Å². The van der Waals surface area contributed by atoms with E-state index in [1.54, 1.807) is 0 Å². The van der Waals surface area contributed by atoms with Crippen molar-refractivity contribution in [3.8, 4) is 0 Å². The maximum absolute atomic E-state index is 12.0. The van der Waals surface area contributed by atoms with Gasteiger partial charge in [-0.1, -0.05) is 17.7 Å².